The molecule has 1 aromatic carbocycles. The first-order valence-corrected chi connectivity index (χ1v) is 5.21. The van der Waals surface area contributed by atoms with E-state index in [-0.39, 0.29) is 0 Å². The van der Waals surface area contributed by atoms with E-state index in [9.17, 15) is 9.59 Å². The summed E-state index contributed by atoms with van der Waals surface area (Å²) >= 11 is 5.59. The number of carbonyl (C=O) groups is 2. The molecule has 0 aliphatic carbocycles. The third-order valence-electron chi connectivity index (χ3n) is 2.43. The van der Waals surface area contributed by atoms with E-state index >= 15 is 0 Å². The summed E-state index contributed by atoms with van der Waals surface area (Å²) in [6.07, 6.45) is 0. The van der Waals surface area contributed by atoms with E-state index in [2.05, 4.69) is 0 Å². The largest absolute Gasteiger partial charge is 0.304 e. The highest BCUT2D eigenvalue weighted by Crippen LogP contribution is 2.29. The van der Waals surface area contributed by atoms with Crippen LogP contribution in [0.3, 0.4) is 0 Å². The van der Waals surface area contributed by atoms with Crippen molar-refractivity contribution in [2.75, 3.05) is 17.3 Å². The Kier molecular flexibility index (Phi) is 2.49. The van der Waals surface area contributed by atoms with Crippen LogP contribution in [0.5, 0.6) is 0 Å². The maximum atomic E-state index is 11.6. The van der Waals surface area contributed by atoms with E-state index < -0.39 is 11.7 Å². The van der Waals surface area contributed by atoms with Crippen molar-refractivity contribution in [3.05, 3.63) is 29.3 Å². The second-order valence-electron chi connectivity index (χ2n) is 3.50. The van der Waals surface area contributed by atoms with E-state index in [1.165, 1.54) is 4.90 Å². The van der Waals surface area contributed by atoms with E-state index in [1.807, 2.05) is 13.0 Å². The van der Waals surface area contributed by atoms with Crippen LogP contribution in [0, 0.1) is 6.92 Å². The Labute approximate surface area is 92.6 Å². The van der Waals surface area contributed by atoms with Gasteiger partial charge in [-0.1, -0.05) is 11.6 Å². The molecule has 0 saturated carbocycles. The van der Waals surface area contributed by atoms with Gasteiger partial charge in [0.2, 0.25) is 0 Å². The second kappa shape index (κ2) is 3.66. The molecule has 0 saturated heterocycles. The van der Waals surface area contributed by atoms with Crippen molar-refractivity contribution in [2.45, 2.75) is 6.92 Å². The number of nitrogens with zero attached hydrogens (tertiary/aromatic N) is 1. The van der Waals surface area contributed by atoms with Crippen molar-refractivity contribution in [3.8, 4) is 0 Å². The van der Waals surface area contributed by atoms with Crippen molar-refractivity contribution < 1.29 is 9.59 Å². The van der Waals surface area contributed by atoms with Gasteiger partial charge in [-0.3, -0.25) is 9.59 Å². The lowest BCUT2D eigenvalue weighted by atomic mass is 10.1. The Morgan fingerprint density at radius 1 is 1.33 bits per heavy atom. The molecule has 1 aliphatic heterocycles. The topological polar surface area (TPSA) is 37.4 Å². The zero-order valence-corrected chi connectivity index (χ0v) is 9.04. The molecule has 1 amide bonds. The highest BCUT2D eigenvalue weighted by atomic mass is 35.5. The first-order valence-electron chi connectivity index (χ1n) is 4.68. The molecular formula is C11H10ClNO2. The number of hydrogen-bond acceptors (Lipinski definition) is 2. The Morgan fingerprint density at radius 2 is 2.07 bits per heavy atom. The van der Waals surface area contributed by atoms with Crippen LogP contribution in [0.15, 0.2) is 18.2 Å². The molecule has 1 aromatic rings. The van der Waals surface area contributed by atoms with Crippen molar-refractivity contribution in [2.24, 2.45) is 0 Å². The average molecular weight is 224 g/mol. The molecule has 0 spiro atoms. The van der Waals surface area contributed by atoms with E-state index in [0.29, 0.717) is 23.7 Å². The lowest BCUT2D eigenvalue weighted by Gasteiger charge is -2.14. The lowest BCUT2D eigenvalue weighted by molar-refractivity contribution is -0.114. The molecule has 0 bridgehead atoms. The van der Waals surface area contributed by atoms with Crippen LogP contribution in [-0.2, 0) is 4.79 Å². The molecule has 1 heterocycles. The fourth-order valence-corrected chi connectivity index (χ4v) is 1.89. The number of fused-ring (bicyclic) bond motifs is 1. The number of anilines is 1. The average Bonchev–Trinajstić information content (AvgIpc) is 2.44. The molecule has 0 aromatic heterocycles. The number of alkyl halides is 1. The summed E-state index contributed by atoms with van der Waals surface area (Å²) in [7, 11) is 0. The second-order valence-corrected chi connectivity index (χ2v) is 3.87. The summed E-state index contributed by atoms with van der Waals surface area (Å²) in [4.78, 5) is 24.6. The SMILES string of the molecule is Cc1ccc2c(c1)C(=O)C(=O)N2CCCl. The van der Waals surface area contributed by atoms with Gasteiger partial charge in [0.1, 0.15) is 0 Å². The van der Waals surface area contributed by atoms with Crippen LogP contribution in [0.2, 0.25) is 0 Å². The predicted molar refractivity (Wildman–Crippen MR) is 58.6 cm³/mol. The Morgan fingerprint density at radius 3 is 2.73 bits per heavy atom. The van der Waals surface area contributed by atoms with E-state index in [4.69, 9.17) is 11.6 Å². The van der Waals surface area contributed by atoms with Crippen LogP contribution in [0.1, 0.15) is 15.9 Å². The Hall–Kier alpha value is -1.35. The quantitative estimate of drug-likeness (QED) is 0.566. The van der Waals surface area contributed by atoms with Gasteiger partial charge in [0.25, 0.3) is 11.7 Å². The first-order chi connectivity index (χ1) is 7.15. The molecule has 0 unspecified atom stereocenters. The zero-order chi connectivity index (χ0) is 11.0. The molecule has 2 rings (SSSR count). The molecule has 1 aliphatic rings. The molecule has 3 nitrogen and oxygen atoms in total. The maximum Gasteiger partial charge on any atom is 0.299 e. The number of aryl methyl sites for hydroxylation is 1. The van der Waals surface area contributed by atoms with Gasteiger partial charge >= 0.3 is 0 Å². The van der Waals surface area contributed by atoms with Gasteiger partial charge in [-0.05, 0) is 19.1 Å². The van der Waals surface area contributed by atoms with Crippen LogP contribution < -0.4 is 4.90 Å². The van der Waals surface area contributed by atoms with E-state index in [0.717, 1.165) is 5.56 Å². The van der Waals surface area contributed by atoms with Crippen molar-refractivity contribution in [1.82, 2.24) is 0 Å². The summed E-state index contributed by atoms with van der Waals surface area (Å²) in [5.74, 6) is -0.582. The minimum Gasteiger partial charge on any atom is -0.304 e. The number of amides is 1. The standard InChI is InChI=1S/C11H10ClNO2/c1-7-2-3-9-8(6-7)10(14)11(15)13(9)5-4-12/h2-3,6H,4-5H2,1H3. The first kappa shape index (κ1) is 10.2. The van der Waals surface area contributed by atoms with Gasteiger partial charge in [0, 0.05) is 12.4 Å². The smallest absolute Gasteiger partial charge is 0.299 e. The number of carbonyl (C=O) groups excluding carboxylic acids is 2. The van der Waals surface area contributed by atoms with Gasteiger partial charge < -0.3 is 4.90 Å². The number of benzene rings is 1. The summed E-state index contributed by atoms with van der Waals surface area (Å²) < 4.78 is 0. The number of ketones is 1. The highest BCUT2D eigenvalue weighted by molar-refractivity contribution is 6.52. The molecule has 78 valence electrons. The molecule has 4 heteroatoms. The maximum absolute atomic E-state index is 11.6. The number of rotatable bonds is 2. The van der Waals surface area contributed by atoms with Crippen molar-refractivity contribution in [1.29, 1.82) is 0 Å². The van der Waals surface area contributed by atoms with Crippen LogP contribution in [0.25, 0.3) is 0 Å². The zero-order valence-electron chi connectivity index (χ0n) is 8.29. The van der Waals surface area contributed by atoms with Crippen LogP contribution >= 0.6 is 11.6 Å². The normalized spacial score (nSPS) is 14.7. The minimum absolute atomic E-state index is 0.326. The third kappa shape index (κ3) is 1.53. The molecule has 0 radical (unpaired) electrons. The monoisotopic (exact) mass is 223 g/mol. The van der Waals surface area contributed by atoms with Crippen LogP contribution in [-0.4, -0.2) is 24.1 Å². The van der Waals surface area contributed by atoms with Gasteiger partial charge in [-0.25, -0.2) is 0 Å². The van der Waals surface area contributed by atoms with E-state index in [1.54, 1.807) is 12.1 Å². The van der Waals surface area contributed by atoms with Gasteiger partial charge in [0.15, 0.2) is 0 Å². The summed E-state index contributed by atoms with van der Waals surface area (Å²) in [5, 5.41) is 0. The molecule has 15 heavy (non-hydrogen) atoms. The summed E-state index contributed by atoms with van der Waals surface area (Å²) in [5.41, 5.74) is 2.14. The van der Waals surface area contributed by atoms with Crippen LogP contribution in [0.4, 0.5) is 5.69 Å². The van der Waals surface area contributed by atoms with Gasteiger partial charge in [0.05, 0.1) is 11.3 Å². The molecule has 0 N–H and O–H groups in total. The molecule has 0 fully saturated rings. The fraction of sp³-hybridized carbons (Fsp3) is 0.273. The number of Topliss-reactive ketones (excluding diaryl/α,β-unsaturated/α-hetero) is 1. The number of hydrogen-bond donors (Lipinski definition) is 0. The third-order valence-corrected chi connectivity index (χ3v) is 2.60. The summed E-state index contributed by atoms with van der Waals surface area (Å²) in [6, 6.07) is 5.41. The van der Waals surface area contributed by atoms with Crippen molar-refractivity contribution in [3.63, 3.8) is 0 Å². The lowest BCUT2D eigenvalue weighted by Crippen LogP contribution is -2.31. The predicted octanol–water partition coefficient (Wildman–Crippen LogP) is 1.76. The Bertz CT molecular complexity index is 442. The molecule has 0 atom stereocenters. The fourth-order valence-electron chi connectivity index (χ4n) is 1.72. The minimum atomic E-state index is -0.476. The summed E-state index contributed by atoms with van der Waals surface area (Å²) in [6.45, 7) is 2.27. The van der Waals surface area contributed by atoms with Gasteiger partial charge in [-0.2, -0.15) is 0 Å². The molecular weight excluding hydrogens is 214 g/mol. The van der Waals surface area contributed by atoms with Crippen molar-refractivity contribution >= 4 is 29.0 Å². The Balaban J connectivity index is 2.50. The van der Waals surface area contributed by atoms with Gasteiger partial charge in [-0.15, -0.1) is 11.6 Å². The number of halogens is 1. The highest BCUT2D eigenvalue weighted by Gasteiger charge is 2.34.